The smallest absolute Gasteiger partial charge is 0.289 e. The van der Waals surface area contributed by atoms with Crippen LogP contribution < -0.4 is 5.32 Å². The minimum Gasteiger partial charge on any atom is -0.459 e. The van der Waals surface area contributed by atoms with Crippen molar-refractivity contribution in [3.8, 4) is 0 Å². The molecule has 0 bridgehead atoms. The van der Waals surface area contributed by atoms with Crippen LogP contribution in [0.15, 0.2) is 22.8 Å². The molecular weight excluding hydrogens is 272 g/mol. The van der Waals surface area contributed by atoms with E-state index in [0.717, 1.165) is 12.8 Å². The summed E-state index contributed by atoms with van der Waals surface area (Å²) in [6.07, 6.45) is 3.06. The molecule has 6 heteroatoms. The molecule has 0 spiro atoms. The van der Waals surface area contributed by atoms with Crippen molar-refractivity contribution in [3.63, 3.8) is 0 Å². The molecule has 21 heavy (non-hydrogen) atoms. The van der Waals surface area contributed by atoms with E-state index in [0.29, 0.717) is 32.0 Å². The molecule has 0 radical (unpaired) electrons. The maximum atomic E-state index is 12.3. The summed E-state index contributed by atoms with van der Waals surface area (Å²) in [5.41, 5.74) is -0.561. The number of hydrogen-bond donors (Lipinski definition) is 1. The third-order valence-electron chi connectivity index (χ3n) is 3.86. The van der Waals surface area contributed by atoms with Crippen LogP contribution in [0.25, 0.3) is 0 Å². The van der Waals surface area contributed by atoms with Gasteiger partial charge < -0.3 is 19.4 Å². The number of hydrogen-bond acceptors (Lipinski definition) is 4. The second-order valence-electron chi connectivity index (χ2n) is 5.62. The van der Waals surface area contributed by atoms with Crippen LogP contribution in [0, 0.1) is 5.41 Å². The molecule has 116 valence electrons. The molecular formula is C15H22N2O4. The van der Waals surface area contributed by atoms with E-state index in [9.17, 15) is 9.59 Å². The number of furan rings is 1. The molecule has 6 nitrogen and oxygen atoms in total. The summed E-state index contributed by atoms with van der Waals surface area (Å²) < 4.78 is 10.1. The number of likely N-dealkylation sites (tertiary alicyclic amines) is 1. The molecule has 1 aromatic rings. The summed E-state index contributed by atoms with van der Waals surface area (Å²) in [4.78, 5) is 26.3. The van der Waals surface area contributed by atoms with Crippen LogP contribution in [-0.4, -0.2) is 50.1 Å². The van der Waals surface area contributed by atoms with E-state index in [4.69, 9.17) is 9.15 Å². The van der Waals surface area contributed by atoms with Crippen LogP contribution in [-0.2, 0) is 9.53 Å². The van der Waals surface area contributed by atoms with Crippen molar-refractivity contribution in [1.82, 2.24) is 10.2 Å². The fraction of sp³-hybridized carbons (Fsp3) is 0.600. The lowest BCUT2D eigenvalue weighted by Gasteiger charge is -2.39. The number of amides is 2. The molecule has 2 amide bonds. The zero-order chi connectivity index (χ0) is 15.3. The Labute approximate surface area is 124 Å². The van der Waals surface area contributed by atoms with Gasteiger partial charge in [0.1, 0.15) is 0 Å². The van der Waals surface area contributed by atoms with E-state index in [1.165, 1.54) is 6.26 Å². The van der Waals surface area contributed by atoms with Gasteiger partial charge in [0.15, 0.2) is 5.76 Å². The van der Waals surface area contributed by atoms with E-state index in [1.807, 2.05) is 6.92 Å². The lowest BCUT2D eigenvalue weighted by molar-refractivity contribution is -0.132. The molecule has 2 heterocycles. The Bertz CT molecular complexity index is 486. The van der Waals surface area contributed by atoms with Gasteiger partial charge in [-0.25, -0.2) is 0 Å². The van der Waals surface area contributed by atoms with Gasteiger partial charge in [0.2, 0.25) is 5.91 Å². The molecule has 2 rings (SSSR count). The van der Waals surface area contributed by atoms with Crippen LogP contribution >= 0.6 is 0 Å². The first-order chi connectivity index (χ1) is 10.1. The largest absolute Gasteiger partial charge is 0.459 e. The molecule has 1 aromatic heterocycles. The predicted octanol–water partition coefficient (Wildman–Crippen LogP) is 1.28. The maximum Gasteiger partial charge on any atom is 0.289 e. The zero-order valence-corrected chi connectivity index (χ0v) is 12.6. The van der Waals surface area contributed by atoms with Gasteiger partial charge in [0, 0.05) is 26.7 Å². The fourth-order valence-electron chi connectivity index (χ4n) is 2.63. The lowest BCUT2D eigenvalue weighted by atomic mass is 9.81. The number of nitrogens with one attached hydrogen (secondary N) is 1. The summed E-state index contributed by atoms with van der Waals surface area (Å²) in [6.45, 7) is 3.93. The summed E-state index contributed by atoms with van der Waals surface area (Å²) in [7, 11) is 1.60. The third-order valence-corrected chi connectivity index (χ3v) is 3.86. The van der Waals surface area contributed by atoms with E-state index < -0.39 is 5.41 Å². The normalized spacial score (nSPS) is 22.1. The van der Waals surface area contributed by atoms with Crippen molar-refractivity contribution in [2.45, 2.75) is 19.8 Å². The lowest BCUT2D eigenvalue weighted by Crippen LogP contribution is -2.52. The predicted molar refractivity (Wildman–Crippen MR) is 76.8 cm³/mol. The molecule has 1 unspecified atom stereocenters. The number of piperidine rings is 1. The monoisotopic (exact) mass is 294 g/mol. The van der Waals surface area contributed by atoms with E-state index >= 15 is 0 Å². The van der Waals surface area contributed by atoms with Crippen LogP contribution in [0.3, 0.4) is 0 Å². The molecule has 0 saturated carbocycles. The van der Waals surface area contributed by atoms with Crippen molar-refractivity contribution >= 4 is 11.8 Å². The van der Waals surface area contributed by atoms with Crippen LogP contribution in [0.4, 0.5) is 0 Å². The molecule has 1 fully saturated rings. The second-order valence-corrected chi connectivity index (χ2v) is 5.62. The van der Waals surface area contributed by atoms with Gasteiger partial charge >= 0.3 is 0 Å². The summed E-state index contributed by atoms with van der Waals surface area (Å²) in [6, 6.07) is 3.33. The quantitative estimate of drug-likeness (QED) is 0.831. The highest BCUT2D eigenvalue weighted by atomic mass is 16.5. The molecule has 1 atom stereocenters. The van der Waals surface area contributed by atoms with E-state index in [2.05, 4.69) is 5.32 Å². The van der Waals surface area contributed by atoms with Crippen molar-refractivity contribution in [2.24, 2.45) is 5.41 Å². The van der Waals surface area contributed by atoms with Gasteiger partial charge in [-0.15, -0.1) is 0 Å². The Morgan fingerprint density at radius 3 is 3.00 bits per heavy atom. The Balaban J connectivity index is 1.99. The second kappa shape index (κ2) is 6.76. The number of nitrogens with zero attached hydrogens (tertiary/aromatic N) is 1. The Kier molecular flexibility index (Phi) is 5.01. The van der Waals surface area contributed by atoms with Crippen molar-refractivity contribution < 1.29 is 18.7 Å². The maximum absolute atomic E-state index is 12.3. The number of rotatable bonds is 5. The zero-order valence-electron chi connectivity index (χ0n) is 12.6. The number of carbonyl (C=O) groups is 2. The van der Waals surface area contributed by atoms with Gasteiger partial charge in [0.25, 0.3) is 5.91 Å². The number of ether oxygens (including phenoxy) is 1. The van der Waals surface area contributed by atoms with Crippen LogP contribution in [0.2, 0.25) is 0 Å². The highest BCUT2D eigenvalue weighted by Crippen LogP contribution is 2.30. The van der Waals surface area contributed by atoms with Crippen molar-refractivity contribution in [3.05, 3.63) is 24.2 Å². The molecule has 0 aliphatic carbocycles. The average molecular weight is 294 g/mol. The Morgan fingerprint density at radius 1 is 1.52 bits per heavy atom. The van der Waals surface area contributed by atoms with E-state index in [-0.39, 0.29) is 11.8 Å². The topological polar surface area (TPSA) is 71.8 Å². The van der Waals surface area contributed by atoms with Gasteiger partial charge in [-0.3, -0.25) is 9.59 Å². The molecule has 1 N–H and O–H groups in total. The minimum absolute atomic E-state index is 0.0310. The fourth-order valence-corrected chi connectivity index (χ4v) is 2.63. The SMILES string of the molecule is COCCNC(=O)C1(C)CCCN(C(=O)c2ccco2)C1. The standard InChI is InChI=1S/C15H22N2O4/c1-15(14(19)16-7-10-20-2)6-4-8-17(11-15)13(18)12-5-3-9-21-12/h3,5,9H,4,6-8,10-11H2,1-2H3,(H,16,19). The average Bonchev–Trinajstić information content (AvgIpc) is 3.01. The van der Waals surface area contributed by atoms with E-state index in [1.54, 1.807) is 24.1 Å². The highest BCUT2D eigenvalue weighted by Gasteiger charge is 2.39. The van der Waals surface area contributed by atoms with Gasteiger partial charge in [-0.2, -0.15) is 0 Å². The minimum atomic E-state index is -0.561. The number of carbonyl (C=O) groups excluding carboxylic acids is 2. The first kappa shape index (κ1) is 15.6. The molecule has 0 aromatic carbocycles. The summed E-state index contributed by atoms with van der Waals surface area (Å²) >= 11 is 0. The summed E-state index contributed by atoms with van der Waals surface area (Å²) in [5, 5.41) is 2.86. The third kappa shape index (κ3) is 3.64. The first-order valence-electron chi connectivity index (χ1n) is 7.17. The van der Waals surface area contributed by atoms with Gasteiger partial charge in [-0.1, -0.05) is 0 Å². The molecule has 1 aliphatic heterocycles. The van der Waals surface area contributed by atoms with Gasteiger partial charge in [0.05, 0.1) is 18.3 Å². The van der Waals surface area contributed by atoms with Crippen LogP contribution in [0.1, 0.15) is 30.3 Å². The van der Waals surface area contributed by atoms with Crippen LogP contribution in [0.5, 0.6) is 0 Å². The Morgan fingerprint density at radius 2 is 2.33 bits per heavy atom. The Hall–Kier alpha value is -1.82. The highest BCUT2D eigenvalue weighted by molar-refractivity contribution is 5.92. The molecule has 1 aliphatic rings. The van der Waals surface area contributed by atoms with Crippen molar-refractivity contribution in [1.29, 1.82) is 0 Å². The first-order valence-corrected chi connectivity index (χ1v) is 7.17. The van der Waals surface area contributed by atoms with Gasteiger partial charge in [-0.05, 0) is 31.9 Å². The number of methoxy groups -OCH3 is 1. The summed E-state index contributed by atoms with van der Waals surface area (Å²) in [5.74, 6) is 0.131. The van der Waals surface area contributed by atoms with Crippen molar-refractivity contribution in [2.75, 3.05) is 33.4 Å². The molecule has 1 saturated heterocycles.